The quantitative estimate of drug-likeness (QED) is 0.472. The van der Waals surface area contributed by atoms with E-state index in [2.05, 4.69) is 5.32 Å². The Labute approximate surface area is 164 Å². The Balaban J connectivity index is 1.64. The second-order valence-electron chi connectivity index (χ2n) is 5.64. The number of carbonyl (C=O) groups excluding carboxylic acids is 2. The number of amides is 1. The topological polar surface area (TPSA) is 83.1 Å². The van der Waals surface area contributed by atoms with E-state index in [-0.39, 0.29) is 18.5 Å². The molecule has 2 aromatic carbocycles. The van der Waals surface area contributed by atoms with Gasteiger partial charge in [-0.15, -0.1) is 0 Å². The van der Waals surface area contributed by atoms with Crippen LogP contribution in [0, 0.1) is 0 Å². The minimum atomic E-state index is -0.390. The number of carbonyl (C=O) groups is 2. The molecule has 0 spiro atoms. The van der Waals surface area contributed by atoms with Crippen molar-refractivity contribution in [1.82, 2.24) is 5.32 Å². The smallest absolute Gasteiger partial charge is 0.338 e. The molecule has 2 rings (SSSR count). The predicted octanol–water partition coefficient (Wildman–Crippen LogP) is 2.84. The summed E-state index contributed by atoms with van der Waals surface area (Å²) in [6.45, 7) is 5.18. The standard InChI is InChI=1S/C21H25NO6/c1-3-25-17-9-11-18(12-10-17)27-14-13-22-20(23)15-28-19-7-5-16(6-8-19)21(24)26-4-2/h5-12H,3-4,13-15H2,1-2H3,(H,22,23). The van der Waals surface area contributed by atoms with E-state index in [1.165, 1.54) is 0 Å². The van der Waals surface area contributed by atoms with E-state index < -0.39 is 0 Å². The number of hydrogen-bond donors (Lipinski definition) is 1. The number of ether oxygens (including phenoxy) is 4. The minimum Gasteiger partial charge on any atom is -0.494 e. The molecule has 0 saturated carbocycles. The molecular formula is C21H25NO6. The van der Waals surface area contributed by atoms with Crippen LogP contribution in [0.3, 0.4) is 0 Å². The highest BCUT2D eigenvalue weighted by molar-refractivity contribution is 5.89. The van der Waals surface area contributed by atoms with E-state index in [0.29, 0.717) is 43.4 Å². The average molecular weight is 387 g/mol. The zero-order chi connectivity index (χ0) is 20.2. The highest BCUT2D eigenvalue weighted by atomic mass is 16.5. The van der Waals surface area contributed by atoms with Gasteiger partial charge in [0.1, 0.15) is 23.9 Å². The Hall–Kier alpha value is -3.22. The molecule has 0 aliphatic heterocycles. The van der Waals surface area contributed by atoms with Gasteiger partial charge in [-0.25, -0.2) is 4.79 Å². The summed E-state index contributed by atoms with van der Waals surface area (Å²) in [5, 5.41) is 2.71. The van der Waals surface area contributed by atoms with Gasteiger partial charge in [0.15, 0.2) is 6.61 Å². The first kappa shape index (κ1) is 21.1. The number of hydrogen-bond acceptors (Lipinski definition) is 6. The Morgan fingerprint density at radius 1 is 0.786 bits per heavy atom. The average Bonchev–Trinajstić information content (AvgIpc) is 2.71. The van der Waals surface area contributed by atoms with Gasteiger partial charge >= 0.3 is 5.97 Å². The molecule has 0 atom stereocenters. The SMILES string of the molecule is CCOC(=O)c1ccc(OCC(=O)NCCOc2ccc(OCC)cc2)cc1. The maximum atomic E-state index is 11.8. The highest BCUT2D eigenvalue weighted by Gasteiger charge is 2.07. The van der Waals surface area contributed by atoms with E-state index in [1.807, 2.05) is 31.2 Å². The van der Waals surface area contributed by atoms with Crippen molar-refractivity contribution in [3.05, 3.63) is 54.1 Å². The van der Waals surface area contributed by atoms with Crippen molar-refractivity contribution in [1.29, 1.82) is 0 Å². The summed E-state index contributed by atoms with van der Waals surface area (Å²) in [6, 6.07) is 13.7. The summed E-state index contributed by atoms with van der Waals surface area (Å²) in [5.74, 6) is 1.34. The van der Waals surface area contributed by atoms with E-state index in [1.54, 1.807) is 31.2 Å². The van der Waals surface area contributed by atoms with Gasteiger partial charge in [-0.2, -0.15) is 0 Å². The van der Waals surface area contributed by atoms with Gasteiger partial charge in [-0.05, 0) is 62.4 Å². The van der Waals surface area contributed by atoms with Crippen molar-refractivity contribution < 1.29 is 28.5 Å². The van der Waals surface area contributed by atoms with Crippen LogP contribution in [0.25, 0.3) is 0 Å². The van der Waals surface area contributed by atoms with Gasteiger partial charge in [0.25, 0.3) is 5.91 Å². The van der Waals surface area contributed by atoms with E-state index in [0.717, 1.165) is 5.75 Å². The van der Waals surface area contributed by atoms with Crippen LogP contribution in [0.2, 0.25) is 0 Å². The fourth-order valence-corrected chi connectivity index (χ4v) is 2.26. The zero-order valence-electron chi connectivity index (χ0n) is 16.1. The summed E-state index contributed by atoms with van der Waals surface area (Å²) in [5.41, 5.74) is 0.435. The summed E-state index contributed by atoms with van der Waals surface area (Å²) in [6.07, 6.45) is 0. The number of nitrogens with one attached hydrogen (secondary N) is 1. The largest absolute Gasteiger partial charge is 0.494 e. The zero-order valence-corrected chi connectivity index (χ0v) is 16.1. The molecule has 0 saturated heterocycles. The van der Waals surface area contributed by atoms with Gasteiger partial charge in [0.05, 0.1) is 25.3 Å². The Kier molecular flexibility index (Phi) is 8.65. The van der Waals surface area contributed by atoms with Crippen molar-refractivity contribution in [3.63, 3.8) is 0 Å². The van der Waals surface area contributed by atoms with Crippen LogP contribution < -0.4 is 19.5 Å². The lowest BCUT2D eigenvalue weighted by Crippen LogP contribution is -2.32. The van der Waals surface area contributed by atoms with Gasteiger partial charge in [-0.3, -0.25) is 4.79 Å². The third-order valence-electron chi connectivity index (χ3n) is 3.56. The van der Waals surface area contributed by atoms with Crippen LogP contribution in [0.15, 0.2) is 48.5 Å². The van der Waals surface area contributed by atoms with Crippen LogP contribution >= 0.6 is 0 Å². The van der Waals surface area contributed by atoms with Gasteiger partial charge in [0, 0.05) is 0 Å². The molecular weight excluding hydrogens is 362 g/mol. The number of benzene rings is 2. The Bertz CT molecular complexity index is 742. The third kappa shape index (κ3) is 7.19. The molecule has 150 valence electrons. The van der Waals surface area contributed by atoms with Crippen molar-refractivity contribution in [3.8, 4) is 17.2 Å². The molecule has 0 aromatic heterocycles. The van der Waals surface area contributed by atoms with Crippen molar-refractivity contribution in [2.24, 2.45) is 0 Å². The molecule has 2 aromatic rings. The lowest BCUT2D eigenvalue weighted by atomic mass is 10.2. The Morgan fingerprint density at radius 2 is 1.36 bits per heavy atom. The van der Waals surface area contributed by atoms with Gasteiger partial charge in [0.2, 0.25) is 0 Å². The summed E-state index contributed by atoms with van der Waals surface area (Å²) < 4.78 is 21.2. The van der Waals surface area contributed by atoms with Crippen LogP contribution in [-0.4, -0.2) is 44.8 Å². The summed E-state index contributed by atoms with van der Waals surface area (Å²) in [4.78, 5) is 23.4. The lowest BCUT2D eigenvalue weighted by Gasteiger charge is -2.10. The molecule has 0 radical (unpaired) electrons. The Morgan fingerprint density at radius 3 is 1.96 bits per heavy atom. The highest BCUT2D eigenvalue weighted by Crippen LogP contribution is 2.17. The predicted molar refractivity (Wildman–Crippen MR) is 104 cm³/mol. The van der Waals surface area contributed by atoms with Crippen LogP contribution in [0.5, 0.6) is 17.2 Å². The second-order valence-corrected chi connectivity index (χ2v) is 5.64. The van der Waals surface area contributed by atoms with Crippen molar-refractivity contribution in [2.45, 2.75) is 13.8 Å². The van der Waals surface area contributed by atoms with Gasteiger partial charge < -0.3 is 24.3 Å². The lowest BCUT2D eigenvalue weighted by molar-refractivity contribution is -0.123. The van der Waals surface area contributed by atoms with Gasteiger partial charge in [-0.1, -0.05) is 0 Å². The number of rotatable bonds is 11. The monoisotopic (exact) mass is 387 g/mol. The normalized spacial score (nSPS) is 10.1. The molecule has 1 N–H and O–H groups in total. The maximum absolute atomic E-state index is 11.8. The molecule has 0 heterocycles. The van der Waals surface area contributed by atoms with Crippen LogP contribution in [0.4, 0.5) is 0 Å². The van der Waals surface area contributed by atoms with Crippen LogP contribution in [-0.2, 0) is 9.53 Å². The number of esters is 1. The first-order chi connectivity index (χ1) is 13.6. The summed E-state index contributed by atoms with van der Waals surface area (Å²) >= 11 is 0. The molecule has 7 nitrogen and oxygen atoms in total. The van der Waals surface area contributed by atoms with E-state index >= 15 is 0 Å². The summed E-state index contributed by atoms with van der Waals surface area (Å²) in [7, 11) is 0. The molecule has 0 unspecified atom stereocenters. The fourth-order valence-electron chi connectivity index (χ4n) is 2.26. The van der Waals surface area contributed by atoms with Crippen molar-refractivity contribution in [2.75, 3.05) is 33.0 Å². The van der Waals surface area contributed by atoms with Crippen molar-refractivity contribution >= 4 is 11.9 Å². The molecule has 7 heteroatoms. The molecule has 1 amide bonds. The maximum Gasteiger partial charge on any atom is 0.338 e. The molecule has 0 bridgehead atoms. The fraction of sp³-hybridized carbons (Fsp3) is 0.333. The van der Waals surface area contributed by atoms with E-state index in [9.17, 15) is 9.59 Å². The first-order valence-electron chi connectivity index (χ1n) is 9.14. The molecule has 28 heavy (non-hydrogen) atoms. The minimum absolute atomic E-state index is 0.123. The molecule has 0 aliphatic rings. The second kappa shape index (κ2) is 11.5. The third-order valence-corrected chi connectivity index (χ3v) is 3.56. The van der Waals surface area contributed by atoms with E-state index in [4.69, 9.17) is 18.9 Å². The first-order valence-corrected chi connectivity index (χ1v) is 9.14. The molecule has 0 aliphatic carbocycles. The molecule has 0 fully saturated rings. The van der Waals surface area contributed by atoms with Crippen LogP contribution in [0.1, 0.15) is 24.2 Å².